The maximum atomic E-state index is 12.9. The van der Waals surface area contributed by atoms with E-state index in [1.807, 2.05) is 31.2 Å². The molecule has 4 heteroatoms. The Hall–Kier alpha value is -2.46. The van der Waals surface area contributed by atoms with Crippen molar-refractivity contribution in [3.05, 3.63) is 70.8 Å². The first-order valence-corrected chi connectivity index (χ1v) is 7.87. The van der Waals surface area contributed by atoms with Crippen LogP contribution in [0, 0.1) is 11.3 Å². The number of carbonyl (C=O) groups excluding carboxylic acids is 2. The van der Waals surface area contributed by atoms with E-state index in [1.54, 1.807) is 0 Å². The van der Waals surface area contributed by atoms with Gasteiger partial charge >= 0.3 is 0 Å². The lowest BCUT2D eigenvalue weighted by molar-refractivity contribution is -0.141. The van der Waals surface area contributed by atoms with Gasteiger partial charge in [-0.3, -0.25) is 9.59 Å². The summed E-state index contributed by atoms with van der Waals surface area (Å²) < 4.78 is 0. The van der Waals surface area contributed by atoms with Gasteiger partial charge in [0.2, 0.25) is 5.91 Å². The molecule has 6 rings (SSSR count). The van der Waals surface area contributed by atoms with Crippen LogP contribution in [0.5, 0.6) is 0 Å². The van der Waals surface area contributed by atoms with E-state index >= 15 is 0 Å². The highest BCUT2D eigenvalue weighted by molar-refractivity contribution is 6.09. The predicted molar refractivity (Wildman–Crippen MR) is 84.2 cm³/mol. The number of benzene rings is 2. The van der Waals surface area contributed by atoms with E-state index in [-0.39, 0.29) is 23.7 Å². The molecule has 0 saturated carbocycles. The Morgan fingerprint density at radius 1 is 0.913 bits per heavy atom. The topological polar surface area (TPSA) is 63.4 Å². The zero-order valence-electron chi connectivity index (χ0n) is 12.7. The van der Waals surface area contributed by atoms with E-state index in [2.05, 4.69) is 24.3 Å². The molecule has 1 fully saturated rings. The van der Waals surface area contributed by atoms with Crippen LogP contribution >= 0.6 is 0 Å². The minimum absolute atomic E-state index is 0.0950. The molecule has 1 saturated heterocycles. The molecule has 0 radical (unpaired) electrons. The van der Waals surface area contributed by atoms with E-state index < -0.39 is 11.3 Å². The summed E-state index contributed by atoms with van der Waals surface area (Å²) in [4.78, 5) is 25.6. The number of amides is 2. The van der Waals surface area contributed by atoms with Crippen LogP contribution in [0.4, 0.5) is 0 Å². The number of rotatable bonds is 0. The second-order valence-corrected chi connectivity index (χ2v) is 6.94. The largest absolute Gasteiger partial charge is 0.273 e. The summed E-state index contributed by atoms with van der Waals surface area (Å²) in [6.45, 7) is 1.91. The highest BCUT2D eigenvalue weighted by Crippen LogP contribution is 2.66. The third-order valence-corrected chi connectivity index (χ3v) is 6.05. The number of hydrazine groups is 1. The van der Waals surface area contributed by atoms with Crippen molar-refractivity contribution in [2.75, 3.05) is 0 Å². The molecule has 114 valence electrons. The Morgan fingerprint density at radius 2 is 1.39 bits per heavy atom. The third kappa shape index (κ3) is 1.24. The molecule has 0 aromatic heterocycles. The molecule has 3 aliphatic carbocycles. The second-order valence-electron chi connectivity index (χ2n) is 6.94. The van der Waals surface area contributed by atoms with Gasteiger partial charge in [-0.1, -0.05) is 48.5 Å². The van der Waals surface area contributed by atoms with Gasteiger partial charge in [0.05, 0.1) is 11.3 Å². The molecule has 2 amide bonds. The number of nitrogens with zero attached hydrogens (tertiary/aromatic N) is 1. The maximum absolute atomic E-state index is 12.9. The van der Waals surface area contributed by atoms with E-state index in [1.165, 1.54) is 0 Å². The lowest BCUT2D eigenvalue weighted by atomic mass is 9.48. The van der Waals surface area contributed by atoms with Crippen molar-refractivity contribution in [2.45, 2.75) is 18.8 Å². The number of carbonyl (C=O) groups is 2. The van der Waals surface area contributed by atoms with Gasteiger partial charge in [-0.15, -0.1) is 0 Å². The second kappa shape index (κ2) is 3.89. The molecule has 4 aliphatic rings. The van der Waals surface area contributed by atoms with Crippen LogP contribution < -0.4 is 5.84 Å². The van der Waals surface area contributed by atoms with Crippen LogP contribution in [0.3, 0.4) is 0 Å². The van der Waals surface area contributed by atoms with Crippen molar-refractivity contribution in [1.82, 2.24) is 5.01 Å². The fourth-order valence-electron chi connectivity index (χ4n) is 5.15. The van der Waals surface area contributed by atoms with Crippen molar-refractivity contribution < 1.29 is 9.59 Å². The molecule has 0 spiro atoms. The Labute approximate surface area is 133 Å². The molecule has 2 N–H and O–H groups in total. The van der Waals surface area contributed by atoms with Gasteiger partial charge in [-0.2, -0.15) is 0 Å². The van der Waals surface area contributed by atoms with Crippen molar-refractivity contribution in [3.63, 3.8) is 0 Å². The van der Waals surface area contributed by atoms with Crippen molar-refractivity contribution in [2.24, 2.45) is 17.2 Å². The van der Waals surface area contributed by atoms with Crippen LogP contribution in [0.25, 0.3) is 0 Å². The van der Waals surface area contributed by atoms with E-state index in [0.29, 0.717) is 0 Å². The quantitative estimate of drug-likeness (QED) is 0.461. The molecule has 23 heavy (non-hydrogen) atoms. The normalized spacial score (nSPS) is 33.5. The molecule has 2 atom stereocenters. The summed E-state index contributed by atoms with van der Waals surface area (Å²) in [6, 6.07) is 16.3. The summed E-state index contributed by atoms with van der Waals surface area (Å²) in [7, 11) is 0. The summed E-state index contributed by atoms with van der Waals surface area (Å²) >= 11 is 0. The van der Waals surface area contributed by atoms with Crippen molar-refractivity contribution in [1.29, 1.82) is 0 Å². The van der Waals surface area contributed by atoms with Crippen LogP contribution in [0.15, 0.2) is 48.5 Å². The van der Waals surface area contributed by atoms with E-state index in [0.717, 1.165) is 27.3 Å². The molecule has 4 nitrogen and oxygen atoms in total. The van der Waals surface area contributed by atoms with Crippen LogP contribution in [-0.2, 0) is 9.59 Å². The van der Waals surface area contributed by atoms with Crippen molar-refractivity contribution in [3.8, 4) is 0 Å². The van der Waals surface area contributed by atoms with Gasteiger partial charge in [0, 0.05) is 11.8 Å². The lowest BCUT2D eigenvalue weighted by Crippen LogP contribution is -2.49. The number of nitrogens with two attached hydrogens (primary N) is 1. The standard InChI is InChI=1S/C19H16N2O2/c1-19-15-12-8-4-2-6-10(12)14(11-7-3-5-9-13(11)15)16(19)17(22)21(20)18(19)23/h2-9,14-16H,20H2,1H3. The van der Waals surface area contributed by atoms with Crippen LogP contribution in [0.1, 0.15) is 41.0 Å². The highest BCUT2D eigenvalue weighted by atomic mass is 16.2. The summed E-state index contributed by atoms with van der Waals surface area (Å²) in [5.41, 5.74) is 3.85. The summed E-state index contributed by atoms with van der Waals surface area (Å²) in [5, 5.41) is 0.850. The Kier molecular flexibility index (Phi) is 2.20. The van der Waals surface area contributed by atoms with Gasteiger partial charge < -0.3 is 0 Å². The zero-order valence-corrected chi connectivity index (χ0v) is 12.7. The molecule has 1 heterocycles. The molecule has 2 unspecified atom stereocenters. The van der Waals surface area contributed by atoms with Crippen LogP contribution in [-0.4, -0.2) is 16.8 Å². The Morgan fingerprint density at radius 3 is 1.91 bits per heavy atom. The third-order valence-electron chi connectivity index (χ3n) is 6.05. The van der Waals surface area contributed by atoms with Gasteiger partial charge in [0.25, 0.3) is 5.91 Å². The van der Waals surface area contributed by atoms with Gasteiger partial charge in [-0.05, 0) is 29.2 Å². The monoisotopic (exact) mass is 304 g/mol. The average Bonchev–Trinajstić information content (AvgIpc) is 2.76. The minimum Gasteiger partial charge on any atom is -0.273 e. The SMILES string of the molecule is CC12C(=O)N(N)C(=O)C1C1c3ccccc3C2c2ccccc21. The summed E-state index contributed by atoms with van der Waals surface area (Å²) in [5.74, 6) is 4.69. The Bertz CT molecular complexity index is 843. The van der Waals surface area contributed by atoms with Gasteiger partial charge in [0.1, 0.15) is 0 Å². The smallest absolute Gasteiger partial charge is 0.251 e. The molecule has 1 aliphatic heterocycles. The molecular formula is C19H16N2O2. The predicted octanol–water partition coefficient (Wildman–Crippen LogP) is 2.14. The first-order chi connectivity index (χ1) is 11.1. The molecule has 2 bridgehead atoms. The number of imide groups is 1. The highest BCUT2D eigenvalue weighted by Gasteiger charge is 2.68. The fraction of sp³-hybridized carbons (Fsp3) is 0.263. The van der Waals surface area contributed by atoms with Gasteiger partial charge in [0.15, 0.2) is 0 Å². The first-order valence-electron chi connectivity index (χ1n) is 7.87. The molecule has 2 aromatic carbocycles. The van der Waals surface area contributed by atoms with Crippen LogP contribution in [0.2, 0.25) is 0 Å². The zero-order chi connectivity index (χ0) is 15.9. The molecule has 2 aromatic rings. The van der Waals surface area contributed by atoms with Crippen molar-refractivity contribution >= 4 is 11.8 Å². The van der Waals surface area contributed by atoms with Gasteiger partial charge in [-0.25, -0.2) is 10.9 Å². The number of hydrogen-bond donors (Lipinski definition) is 1. The number of hydrogen-bond acceptors (Lipinski definition) is 3. The van der Waals surface area contributed by atoms with E-state index in [9.17, 15) is 9.59 Å². The summed E-state index contributed by atoms with van der Waals surface area (Å²) in [6.07, 6.45) is 0. The average molecular weight is 304 g/mol. The maximum Gasteiger partial charge on any atom is 0.251 e. The molecular weight excluding hydrogens is 288 g/mol. The Balaban J connectivity index is 1.91. The lowest BCUT2D eigenvalue weighted by Gasteiger charge is -2.51. The van der Waals surface area contributed by atoms with E-state index in [4.69, 9.17) is 5.84 Å². The fourth-order valence-corrected chi connectivity index (χ4v) is 5.15. The minimum atomic E-state index is -0.792. The first kappa shape index (κ1) is 13.0.